The Hall–Kier alpha value is 1.77. The fraction of sp³-hybridized carbons (Fsp3) is 1.00. The lowest BCUT2D eigenvalue weighted by Gasteiger charge is -2.26. The van der Waals surface area contributed by atoms with Crippen LogP contribution >= 0.6 is 64.3 Å². The first-order chi connectivity index (χ1) is 7.33. The highest BCUT2D eigenvalue weighted by Gasteiger charge is 2.33. The van der Waals surface area contributed by atoms with Crippen LogP contribution in [0, 0.1) is 0 Å². The summed E-state index contributed by atoms with van der Waals surface area (Å²) >= 11 is 24.1. The topological polar surface area (TPSA) is 61.1 Å². The Kier molecular flexibility index (Phi) is 4.47. The smallest absolute Gasteiger partial charge is 0.253 e. The maximum atomic E-state index is 6.02. The van der Waals surface area contributed by atoms with Crippen LogP contribution < -0.4 is 10.2 Å². The first-order valence-electron chi connectivity index (χ1n) is 4.53. The lowest BCUT2D eigenvalue weighted by molar-refractivity contribution is 0.742. The second-order valence-electron chi connectivity index (χ2n) is 3.30. The van der Waals surface area contributed by atoms with Crippen molar-refractivity contribution in [2.24, 2.45) is 13.5 Å². The fourth-order valence-corrected chi connectivity index (χ4v) is 16.7. The lowest BCUT2D eigenvalue weighted by Crippen LogP contribution is -2.18. The summed E-state index contributed by atoms with van der Waals surface area (Å²) in [4.78, 5) is 0. The minimum atomic E-state index is -2.80. The standard InChI is InChI=1S/C4H10Cl4N5P3/c5-14(6)11-15(7,8)13-16(12-14)9-3-1-2-4-10-16/h9-10H,1-4H2. The SMILES string of the molecule is ClP1(Cl)=NP(Cl)(Cl)=NP2(=N1)NCCCCN2. The average Bonchev–Trinajstić information content (AvgIpc) is 2.24. The Morgan fingerprint density at radius 1 is 0.750 bits per heavy atom. The average molecular weight is 363 g/mol. The molecule has 94 valence electrons. The summed E-state index contributed by atoms with van der Waals surface area (Å²) in [7, 11) is -2.34. The Balaban J connectivity index is 2.52. The monoisotopic (exact) mass is 361 g/mol. The third-order valence-electron chi connectivity index (χ3n) is 1.96. The molecule has 0 amide bonds. The quantitative estimate of drug-likeness (QED) is 0.537. The van der Waals surface area contributed by atoms with Crippen molar-refractivity contribution in [3.8, 4) is 0 Å². The van der Waals surface area contributed by atoms with Crippen LogP contribution in [0.2, 0.25) is 0 Å². The van der Waals surface area contributed by atoms with Gasteiger partial charge in [0.25, 0.3) is 11.8 Å². The lowest BCUT2D eigenvalue weighted by atomic mass is 10.3. The predicted octanol–water partition coefficient (Wildman–Crippen LogP) is 5.77. The third kappa shape index (κ3) is 3.63. The van der Waals surface area contributed by atoms with E-state index in [-0.39, 0.29) is 0 Å². The molecule has 1 fully saturated rings. The third-order valence-corrected chi connectivity index (χ3v) is 13.7. The molecule has 0 aliphatic carbocycles. The molecule has 0 radical (unpaired) electrons. The van der Waals surface area contributed by atoms with Gasteiger partial charge in [0.1, 0.15) is 0 Å². The van der Waals surface area contributed by atoms with Crippen molar-refractivity contribution in [3.05, 3.63) is 0 Å². The molecule has 2 rings (SSSR count). The molecular weight excluding hydrogens is 353 g/mol. The van der Waals surface area contributed by atoms with Crippen LogP contribution in [0.25, 0.3) is 0 Å². The second kappa shape index (κ2) is 5.04. The van der Waals surface area contributed by atoms with Crippen molar-refractivity contribution in [2.75, 3.05) is 13.1 Å². The minimum absolute atomic E-state index is 0.801. The summed E-state index contributed by atoms with van der Waals surface area (Å²) in [6, 6.07) is 0. The molecular formula is C4H10Cl4N5P3. The van der Waals surface area contributed by atoms with Gasteiger partial charge in [-0.25, -0.2) is 0 Å². The van der Waals surface area contributed by atoms with E-state index in [1.807, 2.05) is 0 Å². The van der Waals surface area contributed by atoms with E-state index in [2.05, 4.69) is 23.7 Å². The highest BCUT2D eigenvalue weighted by atomic mass is 35.9. The molecule has 2 aliphatic rings. The van der Waals surface area contributed by atoms with Crippen molar-refractivity contribution in [1.82, 2.24) is 10.2 Å². The van der Waals surface area contributed by atoms with Gasteiger partial charge < -0.3 is 0 Å². The van der Waals surface area contributed by atoms with Crippen LogP contribution in [0.3, 0.4) is 0 Å². The van der Waals surface area contributed by atoms with Crippen LogP contribution in [0.5, 0.6) is 0 Å². The van der Waals surface area contributed by atoms with Gasteiger partial charge in [-0.1, -0.05) is 0 Å². The Labute approximate surface area is 114 Å². The first kappa shape index (κ1) is 14.2. The molecule has 16 heavy (non-hydrogen) atoms. The van der Waals surface area contributed by atoms with Crippen molar-refractivity contribution >= 4 is 64.3 Å². The fourth-order valence-electron chi connectivity index (χ4n) is 1.40. The van der Waals surface area contributed by atoms with E-state index in [9.17, 15) is 0 Å². The summed E-state index contributed by atoms with van der Waals surface area (Å²) in [5, 5.41) is 6.47. The van der Waals surface area contributed by atoms with Crippen LogP contribution in [0.15, 0.2) is 13.5 Å². The van der Waals surface area contributed by atoms with Crippen LogP contribution in [-0.4, -0.2) is 13.1 Å². The van der Waals surface area contributed by atoms with Crippen molar-refractivity contribution in [1.29, 1.82) is 0 Å². The molecule has 5 nitrogen and oxygen atoms in total. The van der Waals surface area contributed by atoms with Gasteiger partial charge in [-0.2, -0.15) is 13.5 Å². The van der Waals surface area contributed by atoms with E-state index in [0.717, 1.165) is 25.9 Å². The van der Waals surface area contributed by atoms with Crippen molar-refractivity contribution in [3.63, 3.8) is 0 Å². The van der Waals surface area contributed by atoms with Gasteiger partial charge in [0.05, 0.1) is 0 Å². The number of hydrogen-bond acceptors (Lipinski definition) is 5. The highest BCUT2D eigenvalue weighted by molar-refractivity contribution is 8.20. The Morgan fingerprint density at radius 3 is 1.75 bits per heavy atom. The zero-order valence-corrected chi connectivity index (χ0v) is 13.7. The van der Waals surface area contributed by atoms with E-state index in [1.165, 1.54) is 0 Å². The van der Waals surface area contributed by atoms with E-state index < -0.39 is 19.3 Å². The van der Waals surface area contributed by atoms with E-state index in [0.29, 0.717) is 0 Å². The van der Waals surface area contributed by atoms with Gasteiger partial charge in [0, 0.05) is 13.1 Å². The second-order valence-corrected chi connectivity index (χ2v) is 15.8. The largest absolute Gasteiger partial charge is 0.257 e. The molecule has 12 heteroatoms. The molecule has 1 saturated heterocycles. The number of hydrogen-bond donors (Lipinski definition) is 2. The Morgan fingerprint density at radius 2 is 1.25 bits per heavy atom. The first-order valence-corrected chi connectivity index (χ1v) is 13.2. The van der Waals surface area contributed by atoms with Gasteiger partial charge >= 0.3 is 0 Å². The number of rotatable bonds is 0. The maximum absolute atomic E-state index is 6.02. The number of nitrogens with zero attached hydrogens (tertiary/aromatic N) is 3. The summed E-state index contributed by atoms with van der Waals surface area (Å²) < 4.78 is 12.6. The van der Waals surface area contributed by atoms with Gasteiger partial charge in [-0.3, -0.25) is 10.2 Å². The number of nitrogens with one attached hydrogen (secondary N) is 2. The zero-order valence-electron chi connectivity index (χ0n) is 8.02. The molecule has 0 unspecified atom stereocenters. The Bertz CT molecular complexity index is 429. The van der Waals surface area contributed by atoms with Crippen LogP contribution in [-0.2, 0) is 0 Å². The summed E-state index contributed by atoms with van der Waals surface area (Å²) in [5.41, 5.74) is 0. The predicted molar refractivity (Wildman–Crippen MR) is 76.7 cm³/mol. The molecule has 2 aliphatic heterocycles. The van der Waals surface area contributed by atoms with E-state index in [4.69, 9.17) is 45.0 Å². The van der Waals surface area contributed by atoms with Gasteiger partial charge in [0.15, 0.2) is 0 Å². The molecule has 0 aromatic heterocycles. The van der Waals surface area contributed by atoms with E-state index >= 15 is 0 Å². The summed E-state index contributed by atoms with van der Waals surface area (Å²) in [6.07, 6.45) is 2.09. The summed E-state index contributed by atoms with van der Waals surface area (Å²) in [5.74, 6) is -5.60. The van der Waals surface area contributed by atoms with Crippen LogP contribution in [0.1, 0.15) is 12.8 Å². The molecule has 2 heterocycles. The van der Waals surface area contributed by atoms with Crippen molar-refractivity contribution in [2.45, 2.75) is 12.8 Å². The van der Waals surface area contributed by atoms with Gasteiger partial charge in [-0.15, -0.1) is 0 Å². The minimum Gasteiger partial charge on any atom is -0.253 e. The highest BCUT2D eigenvalue weighted by Crippen LogP contribution is 2.83. The number of halogens is 4. The zero-order chi connectivity index (χ0) is 11.9. The maximum Gasteiger partial charge on any atom is 0.257 e. The van der Waals surface area contributed by atoms with Gasteiger partial charge in [0.2, 0.25) is 7.51 Å². The van der Waals surface area contributed by atoms with Gasteiger partial charge in [-0.05, 0) is 57.8 Å². The van der Waals surface area contributed by atoms with E-state index in [1.54, 1.807) is 0 Å². The normalized spacial score (nSPS) is 30.8. The molecule has 2 N–H and O–H groups in total. The summed E-state index contributed by atoms with van der Waals surface area (Å²) in [6.45, 7) is 1.60. The molecule has 1 spiro atoms. The molecule has 0 saturated carbocycles. The molecule has 0 aromatic carbocycles. The van der Waals surface area contributed by atoms with Crippen LogP contribution in [0.4, 0.5) is 0 Å². The molecule has 0 atom stereocenters. The molecule has 0 aromatic rings. The van der Waals surface area contributed by atoms with Crippen molar-refractivity contribution < 1.29 is 0 Å². The molecule has 0 bridgehead atoms.